The van der Waals surface area contributed by atoms with Crippen LogP contribution in [0.25, 0.3) is 0 Å². The molecule has 0 N–H and O–H groups in total. The summed E-state index contributed by atoms with van der Waals surface area (Å²) in [5.74, 6) is 0.0706. The fourth-order valence-electron chi connectivity index (χ4n) is 3.70. The molecule has 0 aliphatic carbocycles. The third-order valence-electron chi connectivity index (χ3n) is 5.27. The second-order valence-corrected chi connectivity index (χ2v) is 8.01. The van der Waals surface area contributed by atoms with Crippen LogP contribution in [0.1, 0.15) is 68.2 Å². The van der Waals surface area contributed by atoms with Gasteiger partial charge < -0.3 is 0 Å². The molecule has 0 aliphatic rings. The molecule has 144 valence electrons. The molecule has 3 heteroatoms. The summed E-state index contributed by atoms with van der Waals surface area (Å²) >= 11 is 0. The SMILES string of the molecule is CCCCN(C(C)(C)C(=O)c1ccccc1)C(C)(C)C(=O)c1ccccc1. The monoisotopic (exact) mass is 365 g/mol. The fraction of sp³-hybridized carbons (Fsp3) is 0.417. The normalized spacial score (nSPS) is 12.2. The Bertz CT molecular complexity index is 700. The van der Waals surface area contributed by atoms with Gasteiger partial charge in [-0.15, -0.1) is 0 Å². The lowest BCUT2D eigenvalue weighted by atomic mass is 9.82. The van der Waals surface area contributed by atoms with E-state index in [0.29, 0.717) is 17.7 Å². The van der Waals surface area contributed by atoms with Gasteiger partial charge in [-0.1, -0.05) is 74.0 Å². The van der Waals surface area contributed by atoms with Gasteiger partial charge in [-0.05, 0) is 34.1 Å². The number of hydrogen-bond donors (Lipinski definition) is 0. The first-order valence-electron chi connectivity index (χ1n) is 9.70. The summed E-state index contributed by atoms with van der Waals surface area (Å²) in [4.78, 5) is 28.7. The lowest BCUT2D eigenvalue weighted by Crippen LogP contribution is -2.62. The van der Waals surface area contributed by atoms with Gasteiger partial charge in [0.2, 0.25) is 0 Å². The highest BCUT2D eigenvalue weighted by Crippen LogP contribution is 2.31. The summed E-state index contributed by atoms with van der Waals surface area (Å²) in [5.41, 5.74) is -0.256. The van der Waals surface area contributed by atoms with Crippen molar-refractivity contribution in [2.45, 2.75) is 58.5 Å². The van der Waals surface area contributed by atoms with Gasteiger partial charge in [-0.2, -0.15) is 0 Å². The van der Waals surface area contributed by atoms with E-state index in [4.69, 9.17) is 0 Å². The summed E-state index contributed by atoms with van der Waals surface area (Å²) in [7, 11) is 0. The molecule has 0 aromatic heterocycles. The lowest BCUT2D eigenvalue weighted by Gasteiger charge is -2.47. The first-order chi connectivity index (χ1) is 12.7. The number of carbonyl (C=O) groups excluding carboxylic acids is 2. The Balaban J connectivity index is 2.43. The van der Waals surface area contributed by atoms with Gasteiger partial charge in [0, 0.05) is 17.7 Å². The van der Waals surface area contributed by atoms with Gasteiger partial charge in [0.25, 0.3) is 0 Å². The Kier molecular flexibility index (Phi) is 6.72. The quantitative estimate of drug-likeness (QED) is 0.558. The smallest absolute Gasteiger partial charge is 0.182 e. The molecule has 0 atom stereocenters. The highest BCUT2D eigenvalue weighted by molar-refractivity contribution is 6.05. The van der Waals surface area contributed by atoms with Crippen molar-refractivity contribution >= 4 is 11.6 Å². The van der Waals surface area contributed by atoms with Crippen LogP contribution in [0, 0.1) is 0 Å². The molecule has 0 heterocycles. The maximum Gasteiger partial charge on any atom is 0.182 e. The van der Waals surface area contributed by atoms with E-state index in [9.17, 15) is 9.59 Å². The largest absolute Gasteiger partial charge is 0.292 e. The zero-order chi connectivity index (χ0) is 20.1. The zero-order valence-electron chi connectivity index (χ0n) is 17.2. The molecule has 2 aromatic carbocycles. The summed E-state index contributed by atoms with van der Waals surface area (Å²) in [6.45, 7) is 10.5. The van der Waals surface area contributed by atoms with E-state index >= 15 is 0 Å². The van der Waals surface area contributed by atoms with E-state index in [1.54, 1.807) is 0 Å². The summed E-state index contributed by atoms with van der Waals surface area (Å²) in [6.07, 6.45) is 1.93. The maximum absolute atomic E-state index is 13.3. The number of hydrogen-bond acceptors (Lipinski definition) is 3. The lowest BCUT2D eigenvalue weighted by molar-refractivity contribution is 0.0186. The van der Waals surface area contributed by atoms with E-state index in [1.165, 1.54) is 0 Å². The van der Waals surface area contributed by atoms with Gasteiger partial charge in [0.05, 0.1) is 11.1 Å². The number of carbonyl (C=O) groups is 2. The molecule has 0 aliphatic heterocycles. The third-order valence-corrected chi connectivity index (χ3v) is 5.27. The average Bonchev–Trinajstić information content (AvgIpc) is 2.68. The van der Waals surface area contributed by atoms with Crippen molar-refractivity contribution in [3.8, 4) is 0 Å². The molecule has 0 fully saturated rings. The molecule has 0 bridgehead atoms. The molecule has 27 heavy (non-hydrogen) atoms. The molecular formula is C24H31NO2. The van der Waals surface area contributed by atoms with Crippen molar-refractivity contribution in [1.29, 1.82) is 0 Å². The molecule has 2 aromatic rings. The van der Waals surface area contributed by atoms with Gasteiger partial charge in [0.1, 0.15) is 0 Å². The van der Waals surface area contributed by atoms with Crippen LogP contribution in [0.3, 0.4) is 0 Å². The minimum atomic E-state index is -0.801. The van der Waals surface area contributed by atoms with Gasteiger partial charge in [-0.25, -0.2) is 0 Å². The van der Waals surface area contributed by atoms with Crippen LogP contribution < -0.4 is 0 Å². The van der Waals surface area contributed by atoms with Gasteiger partial charge >= 0.3 is 0 Å². The van der Waals surface area contributed by atoms with Crippen LogP contribution >= 0.6 is 0 Å². The van der Waals surface area contributed by atoms with Crippen LogP contribution in [-0.2, 0) is 0 Å². The predicted molar refractivity (Wildman–Crippen MR) is 111 cm³/mol. The van der Waals surface area contributed by atoms with E-state index in [-0.39, 0.29) is 11.6 Å². The van der Waals surface area contributed by atoms with Crippen LogP contribution in [0.5, 0.6) is 0 Å². The highest BCUT2D eigenvalue weighted by Gasteiger charge is 2.46. The Morgan fingerprint density at radius 2 is 1.11 bits per heavy atom. The molecule has 0 saturated heterocycles. The minimum absolute atomic E-state index is 0.0353. The van der Waals surface area contributed by atoms with Crippen molar-refractivity contribution in [3.05, 3.63) is 71.8 Å². The molecule has 0 unspecified atom stereocenters. The van der Waals surface area contributed by atoms with E-state index < -0.39 is 11.1 Å². The Morgan fingerprint density at radius 3 is 1.44 bits per heavy atom. The van der Waals surface area contributed by atoms with Crippen molar-refractivity contribution in [3.63, 3.8) is 0 Å². The summed E-state index contributed by atoms with van der Waals surface area (Å²) < 4.78 is 0. The first-order valence-corrected chi connectivity index (χ1v) is 9.70. The molecule has 0 radical (unpaired) electrons. The average molecular weight is 366 g/mol. The number of unbranched alkanes of at least 4 members (excludes halogenated alkanes) is 1. The Morgan fingerprint density at radius 1 is 0.741 bits per heavy atom. The van der Waals surface area contributed by atoms with Crippen LogP contribution in [0.15, 0.2) is 60.7 Å². The highest BCUT2D eigenvalue weighted by atomic mass is 16.1. The Labute approximate surface area is 163 Å². The second-order valence-electron chi connectivity index (χ2n) is 8.01. The first kappa shape index (κ1) is 21.0. The van der Waals surface area contributed by atoms with Crippen molar-refractivity contribution in [2.75, 3.05) is 6.54 Å². The number of ketones is 2. The van der Waals surface area contributed by atoms with Crippen LogP contribution in [0.2, 0.25) is 0 Å². The third kappa shape index (κ3) is 4.54. The van der Waals surface area contributed by atoms with Crippen LogP contribution in [-0.4, -0.2) is 34.1 Å². The van der Waals surface area contributed by atoms with Crippen molar-refractivity contribution in [1.82, 2.24) is 4.90 Å². The topological polar surface area (TPSA) is 37.4 Å². The number of benzene rings is 2. The molecule has 0 saturated carbocycles. The molecule has 3 nitrogen and oxygen atoms in total. The van der Waals surface area contributed by atoms with Crippen molar-refractivity contribution < 1.29 is 9.59 Å². The van der Waals surface area contributed by atoms with Gasteiger partial charge in [-0.3, -0.25) is 14.5 Å². The van der Waals surface area contributed by atoms with E-state index in [0.717, 1.165) is 12.8 Å². The number of rotatable bonds is 9. The van der Waals surface area contributed by atoms with Crippen LogP contribution in [0.4, 0.5) is 0 Å². The van der Waals surface area contributed by atoms with E-state index in [2.05, 4.69) is 11.8 Å². The van der Waals surface area contributed by atoms with Gasteiger partial charge in [0.15, 0.2) is 11.6 Å². The van der Waals surface area contributed by atoms with Crippen molar-refractivity contribution in [2.24, 2.45) is 0 Å². The Hall–Kier alpha value is -2.26. The summed E-state index contributed by atoms with van der Waals surface area (Å²) in [6, 6.07) is 18.7. The number of nitrogens with zero attached hydrogens (tertiary/aromatic N) is 1. The molecule has 0 spiro atoms. The molecular weight excluding hydrogens is 334 g/mol. The predicted octanol–water partition coefficient (Wildman–Crippen LogP) is 5.41. The summed E-state index contributed by atoms with van der Waals surface area (Å²) in [5, 5.41) is 0. The molecule has 2 rings (SSSR count). The standard InChI is InChI=1S/C24H31NO2/c1-6-7-18-25(23(2,3)21(26)19-14-10-8-11-15-19)24(4,5)22(27)20-16-12-9-13-17-20/h8-17H,6-7,18H2,1-5H3. The number of Topliss-reactive ketones (excluding diaryl/α,β-unsaturated/α-hetero) is 2. The zero-order valence-corrected chi connectivity index (χ0v) is 17.2. The minimum Gasteiger partial charge on any atom is -0.292 e. The maximum atomic E-state index is 13.3. The fourth-order valence-corrected chi connectivity index (χ4v) is 3.70. The van der Waals surface area contributed by atoms with E-state index in [1.807, 2.05) is 88.4 Å². The molecule has 0 amide bonds. The second kappa shape index (κ2) is 8.62.